The molecular weight excluding hydrogens is 342 g/mol. The average molecular weight is 359 g/mol. The number of sulfonamides is 1. The van der Waals surface area contributed by atoms with Crippen molar-refractivity contribution in [2.45, 2.75) is 18.1 Å². The number of rotatable bonds is 5. The minimum atomic E-state index is -3.63. The minimum absolute atomic E-state index is 0.283. The van der Waals surface area contributed by atoms with Crippen LogP contribution in [0.4, 0.5) is 5.69 Å². The zero-order valence-corrected chi connectivity index (χ0v) is 14.9. The van der Waals surface area contributed by atoms with Crippen molar-refractivity contribution in [3.05, 3.63) is 71.1 Å². The molecule has 6 heteroatoms. The maximum Gasteiger partial charge on any atom is 0.271 e. The topological polar surface area (TPSA) is 55.4 Å². The number of para-hydroxylation sites is 2. The van der Waals surface area contributed by atoms with Crippen LogP contribution in [0, 0.1) is 13.8 Å². The fourth-order valence-electron chi connectivity index (χ4n) is 2.20. The van der Waals surface area contributed by atoms with Gasteiger partial charge in [-0.15, -0.1) is 11.3 Å². The lowest BCUT2D eigenvalue weighted by molar-refractivity contribution is 0.484. The number of hydrogen-bond acceptors (Lipinski definition) is 4. The number of aryl methyl sites for hydroxylation is 2. The van der Waals surface area contributed by atoms with Gasteiger partial charge >= 0.3 is 0 Å². The van der Waals surface area contributed by atoms with Crippen molar-refractivity contribution in [3.8, 4) is 11.5 Å². The van der Waals surface area contributed by atoms with Gasteiger partial charge < -0.3 is 4.74 Å². The normalized spacial score (nSPS) is 11.2. The van der Waals surface area contributed by atoms with E-state index in [1.165, 1.54) is 11.3 Å². The predicted molar refractivity (Wildman–Crippen MR) is 97.6 cm³/mol. The van der Waals surface area contributed by atoms with E-state index in [0.29, 0.717) is 17.2 Å². The molecular formula is C18H17NO3S2. The summed E-state index contributed by atoms with van der Waals surface area (Å²) in [7, 11) is -3.63. The third kappa shape index (κ3) is 3.77. The van der Waals surface area contributed by atoms with Crippen molar-refractivity contribution >= 4 is 27.0 Å². The standard InChI is InChI=1S/C18H17NO3S2/c1-13-6-5-7-15(12-13)22-17-9-4-3-8-16(17)19-24(20,21)18-11-10-14(2)23-18/h3-12,19H,1-2H3. The van der Waals surface area contributed by atoms with Gasteiger partial charge in [0.05, 0.1) is 5.69 Å². The second-order valence-corrected chi connectivity index (χ2v) is 8.58. The molecule has 4 nitrogen and oxygen atoms in total. The van der Waals surface area contributed by atoms with Gasteiger partial charge in [-0.2, -0.15) is 0 Å². The Bertz CT molecular complexity index is 962. The van der Waals surface area contributed by atoms with Gasteiger partial charge in [0, 0.05) is 4.88 Å². The number of ether oxygens (including phenoxy) is 1. The van der Waals surface area contributed by atoms with Gasteiger partial charge in [-0.25, -0.2) is 8.42 Å². The highest BCUT2D eigenvalue weighted by Crippen LogP contribution is 2.32. The molecule has 0 amide bonds. The molecule has 24 heavy (non-hydrogen) atoms. The van der Waals surface area contributed by atoms with Gasteiger partial charge in [-0.05, 0) is 55.8 Å². The van der Waals surface area contributed by atoms with Gasteiger partial charge in [0.1, 0.15) is 9.96 Å². The molecule has 3 aromatic rings. The first kappa shape index (κ1) is 16.5. The van der Waals surface area contributed by atoms with Crippen molar-refractivity contribution in [2.24, 2.45) is 0 Å². The second-order valence-electron chi connectivity index (χ2n) is 5.39. The van der Waals surface area contributed by atoms with Crippen LogP contribution in [-0.4, -0.2) is 8.42 Å². The van der Waals surface area contributed by atoms with Crippen LogP contribution in [0.25, 0.3) is 0 Å². The van der Waals surface area contributed by atoms with Crippen LogP contribution in [0.3, 0.4) is 0 Å². The first-order chi connectivity index (χ1) is 11.4. The molecule has 1 heterocycles. The second kappa shape index (κ2) is 6.67. The first-order valence-electron chi connectivity index (χ1n) is 7.37. The lowest BCUT2D eigenvalue weighted by atomic mass is 10.2. The number of hydrogen-bond donors (Lipinski definition) is 1. The average Bonchev–Trinajstić information content (AvgIpc) is 2.97. The van der Waals surface area contributed by atoms with E-state index >= 15 is 0 Å². The molecule has 0 spiro atoms. The molecule has 0 unspecified atom stereocenters. The van der Waals surface area contributed by atoms with Gasteiger partial charge in [-0.1, -0.05) is 24.3 Å². The largest absolute Gasteiger partial charge is 0.455 e. The highest BCUT2D eigenvalue weighted by molar-refractivity contribution is 7.94. The minimum Gasteiger partial charge on any atom is -0.455 e. The Morgan fingerprint density at radius 2 is 1.75 bits per heavy atom. The van der Waals surface area contributed by atoms with Crippen molar-refractivity contribution in [1.82, 2.24) is 0 Å². The third-order valence-corrected chi connectivity index (χ3v) is 6.19. The highest BCUT2D eigenvalue weighted by Gasteiger charge is 2.18. The predicted octanol–water partition coefficient (Wildman–Crippen LogP) is 4.96. The summed E-state index contributed by atoms with van der Waals surface area (Å²) in [5.41, 5.74) is 1.48. The van der Waals surface area contributed by atoms with Crippen LogP contribution in [0.2, 0.25) is 0 Å². The quantitative estimate of drug-likeness (QED) is 0.700. The third-order valence-electron chi connectivity index (χ3n) is 3.33. The molecule has 1 aromatic heterocycles. The lowest BCUT2D eigenvalue weighted by Gasteiger charge is -2.13. The van der Waals surface area contributed by atoms with Crippen molar-refractivity contribution in [2.75, 3.05) is 4.72 Å². The van der Waals surface area contributed by atoms with E-state index < -0.39 is 10.0 Å². The van der Waals surface area contributed by atoms with Crippen LogP contribution in [0.5, 0.6) is 11.5 Å². The van der Waals surface area contributed by atoms with Gasteiger partial charge in [0.15, 0.2) is 5.75 Å². The van der Waals surface area contributed by atoms with Crippen LogP contribution in [-0.2, 0) is 10.0 Å². The van der Waals surface area contributed by atoms with E-state index in [1.54, 1.807) is 36.4 Å². The van der Waals surface area contributed by atoms with Gasteiger partial charge in [0.25, 0.3) is 10.0 Å². The van der Waals surface area contributed by atoms with Crippen LogP contribution >= 0.6 is 11.3 Å². The first-order valence-corrected chi connectivity index (χ1v) is 9.67. The Balaban J connectivity index is 1.89. The van der Waals surface area contributed by atoms with Crippen molar-refractivity contribution in [3.63, 3.8) is 0 Å². The number of nitrogens with one attached hydrogen (secondary N) is 1. The molecule has 0 aliphatic heterocycles. The molecule has 0 atom stereocenters. The summed E-state index contributed by atoms with van der Waals surface area (Å²) < 4.78 is 33.8. The Labute approximate surface area is 145 Å². The smallest absolute Gasteiger partial charge is 0.271 e. The summed E-state index contributed by atoms with van der Waals surface area (Å²) in [6, 6.07) is 18.0. The molecule has 0 saturated carbocycles. The highest BCUT2D eigenvalue weighted by atomic mass is 32.2. The summed E-state index contributed by atoms with van der Waals surface area (Å²) in [6.07, 6.45) is 0. The summed E-state index contributed by atoms with van der Waals surface area (Å²) in [6.45, 7) is 3.85. The summed E-state index contributed by atoms with van der Waals surface area (Å²) in [4.78, 5) is 0.944. The monoisotopic (exact) mass is 359 g/mol. The van der Waals surface area contributed by atoms with Crippen LogP contribution in [0.15, 0.2) is 64.9 Å². The van der Waals surface area contributed by atoms with Gasteiger partial charge in [0.2, 0.25) is 0 Å². The molecule has 0 saturated heterocycles. The number of thiophene rings is 1. The van der Waals surface area contributed by atoms with Crippen molar-refractivity contribution < 1.29 is 13.2 Å². The number of anilines is 1. The molecule has 124 valence electrons. The Morgan fingerprint density at radius 3 is 2.46 bits per heavy atom. The molecule has 0 radical (unpaired) electrons. The molecule has 0 fully saturated rings. The summed E-state index contributed by atoms with van der Waals surface area (Å²) in [5, 5.41) is 0. The zero-order chi connectivity index (χ0) is 17.2. The Hall–Kier alpha value is -2.31. The van der Waals surface area contributed by atoms with Crippen LogP contribution in [0.1, 0.15) is 10.4 Å². The Morgan fingerprint density at radius 1 is 0.958 bits per heavy atom. The van der Waals surface area contributed by atoms with E-state index in [2.05, 4.69) is 4.72 Å². The zero-order valence-electron chi connectivity index (χ0n) is 13.3. The maximum absolute atomic E-state index is 12.5. The Kier molecular flexibility index (Phi) is 4.59. The van der Waals surface area contributed by atoms with E-state index in [9.17, 15) is 8.42 Å². The van der Waals surface area contributed by atoms with E-state index in [4.69, 9.17) is 4.74 Å². The summed E-state index contributed by atoms with van der Waals surface area (Å²) >= 11 is 1.23. The van der Waals surface area contributed by atoms with E-state index in [-0.39, 0.29) is 4.21 Å². The van der Waals surface area contributed by atoms with Crippen LogP contribution < -0.4 is 9.46 Å². The number of benzene rings is 2. The fourth-order valence-corrected chi connectivity index (χ4v) is 4.55. The lowest BCUT2D eigenvalue weighted by Crippen LogP contribution is -2.12. The fraction of sp³-hybridized carbons (Fsp3) is 0.111. The van der Waals surface area contributed by atoms with E-state index in [1.807, 2.05) is 38.1 Å². The molecule has 0 bridgehead atoms. The molecule has 2 aromatic carbocycles. The molecule has 3 rings (SSSR count). The van der Waals surface area contributed by atoms with Gasteiger partial charge in [-0.3, -0.25) is 4.72 Å². The summed E-state index contributed by atoms with van der Waals surface area (Å²) in [5.74, 6) is 1.12. The maximum atomic E-state index is 12.5. The van der Waals surface area contributed by atoms with E-state index in [0.717, 1.165) is 10.4 Å². The molecule has 0 aliphatic carbocycles. The molecule has 0 aliphatic rings. The van der Waals surface area contributed by atoms with Crippen molar-refractivity contribution in [1.29, 1.82) is 0 Å². The SMILES string of the molecule is Cc1cccc(Oc2ccccc2NS(=O)(=O)c2ccc(C)s2)c1. The molecule has 1 N–H and O–H groups in total.